The van der Waals surface area contributed by atoms with Crippen LogP contribution >= 0.6 is 45.2 Å². The third kappa shape index (κ3) is 5.90. The predicted molar refractivity (Wildman–Crippen MR) is 121 cm³/mol. The smallest absolute Gasteiger partial charge is 0.321 e. The lowest BCUT2D eigenvalue weighted by atomic mass is 9.74. The Morgan fingerprint density at radius 3 is 1.46 bits per heavy atom. The molecule has 2 aromatic carbocycles. The fourth-order valence-corrected chi connectivity index (χ4v) is 3.08. The molecular formula is C20H18I2O6. The Hall–Kier alpha value is -1.69. The van der Waals surface area contributed by atoms with Crippen LogP contribution in [0, 0.1) is 0 Å². The van der Waals surface area contributed by atoms with Crippen molar-refractivity contribution < 1.29 is 29.0 Å². The molecule has 0 atom stereocenters. The lowest BCUT2D eigenvalue weighted by molar-refractivity contribution is -0.138. The van der Waals surface area contributed by atoms with Crippen molar-refractivity contribution in [2.75, 3.05) is 8.86 Å². The van der Waals surface area contributed by atoms with Crippen molar-refractivity contribution in [3.8, 4) is 11.5 Å². The van der Waals surface area contributed by atoms with Gasteiger partial charge in [0.1, 0.15) is 11.5 Å². The summed E-state index contributed by atoms with van der Waals surface area (Å²) in [6.07, 6.45) is -0.132. The van der Waals surface area contributed by atoms with E-state index < -0.39 is 11.4 Å². The van der Waals surface area contributed by atoms with Crippen LogP contribution in [-0.4, -0.2) is 31.9 Å². The molecule has 148 valence electrons. The summed E-state index contributed by atoms with van der Waals surface area (Å²) in [4.78, 5) is 34.4. The van der Waals surface area contributed by atoms with Gasteiger partial charge in [-0.15, -0.1) is 0 Å². The number of esters is 2. The van der Waals surface area contributed by atoms with E-state index in [1.165, 1.54) is 0 Å². The van der Waals surface area contributed by atoms with Gasteiger partial charge in [-0.05, 0) is 35.4 Å². The molecule has 0 saturated heterocycles. The van der Waals surface area contributed by atoms with Crippen LogP contribution in [0.5, 0.6) is 11.5 Å². The van der Waals surface area contributed by atoms with Crippen molar-refractivity contribution in [2.45, 2.75) is 18.8 Å². The Labute approximate surface area is 189 Å². The highest BCUT2D eigenvalue weighted by Crippen LogP contribution is 2.37. The number of rotatable bonds is 8. The van der Waals surface area contributed by atoms with Crippen LogP contribution in [0.4, 0.5) is 0 Å². The molecular weight excluding hydrogens is 590 g/mol. The number of ether oxygens (including phenoxy) is 2. The lowest BCUT2D eigenvalue weighted by Gasteiger charge is -2.29. The van der Waals surface area contributed by atoms with Crippen LogP contribution < -0.4 is 9.47 Å². The number of carboxylic acids is 1. The third-order valence-corrected chi connectivity index (χ3v) is 5.41. The van der Waals surface area contributed by atoms with Gasteiger partial charge in [0.15, 0.2) is 0 Å². The van der Waals surface area contributed by atoms with Gasteiger partial charge in [-0.2, -0.15) is 0 Å². The highest BCUT2D eigenvalue weighted by atomic mass is 127. The van der Waals surface area contributed by atoms with Crippen LogP contribution in [0.25, 0.3) is 0 Å². The second kappa shape index (κ2) is 10.2. The fourth-order valence-electron chi connectivity index (χ4n) is 2.77. The average molecular weight is 608 g/mol. The Bertz CT molecular complexity index is 785. The minimum Gasteiger partial charge on any atom is -0.481 e. The molecule has 2 aromatic rings. The number of alkyl halides is 2. The summed E-state index contributed by atoms with van der Waals surface area (Å²) < 4.78 is 10.8. The Morgan fingerprint density at radius 1 is 0.821 bits per heavy atom. The average Bonchev–Trinajstić information content (AvgIpc) is 2.68. The topological polar surface area (TPSA) is 89.9 Å². The number of halogens is 2. The molecule has 6 nitrogen and oxygen atoms in total. The molecule has 1 N–H and O–H groups in total. The molecule has 0 aliphatic heterocycles. The normalized spacial score (nSPS) is 11.0. The first-order valence-electron chi connectivity index (χ1n) is 8.24. The quantitative estimate of drug-likeness (QED) is 0.210. The van der Waals surface area contributed by atoms with E-state index in [-0.39, 0.29) is 27.2 Å². The zero-order valence-electron chi connectivity index (χ0n) is 15.0. The van der Waals surface area contributed by atoms with Gasteiger partial charge >= 0.3 is 17.9 Å². The van der Waals surface area contributed by atoms with E-state index in [4.69, 9.17) is 9.47 Å². The molecule has 0 aromatic heterocycles. The van der Waals surface area contributed by atoms with Crippen molar-refractivity contribution in [2.24, 2.45) is 0 Å². The zero-order valence-corrected chi connectivity index (χ0v) is 19.3. The van der Waals surface area contributed by atoms with Gasteiger partial charge in [-0.3, -0.25) is 14.4 Å². The van der Waals surface area contributed by atoms with E-state index >= 15 is 0 Å². The van der Waals surface area contributed by atoms with E-state index in [0.29, 0.717) is 11.5 Å². The number of carbonyl (C=O) groups is 3. The second-order valence-corrected chi connectivity index (χ2v) is 7.69. The molecule has 0 fully saturated rings. The molecule has 0 heterocycles. The number of carboxylic acid groups (broad SMARTS) is 1. The summed E-state index contributed by atoms with van der Waals surface area (Å²) in [7, 11) is 0. The molecule has 2 rings (SSSR count). The zero-order chi connectivity index (χ0) is 20.7. The molecule has 28 heavy (non-hydrogen) atoms. The SMILES string of the molecule is CC(CC(=O)O)(c1ccc(OC(=O)CI)cc1)c1ccc(OC(=O)CI)cc1. The fraction of sp³-hybridized carbons (Fsp3) is 0.250. The monoisotopic (exact) mass is 608 g/mol. The van der Waals surface area contributed by atoms with Gasteiger partial charge < -0.3 is 14.6 Å². The molecule has 8 heteroatoms. The van der Waals surface area contributed by atoms with E-state index in [1.54, 1.807) is 48.5 Å². The Kier molecular flexibility index (Phi) is 8.23. The summed E-state index contributed by atoms with van der Waals surface area (Å²) in [6.45, 7) is 1.83. The molecule has 0 radical (unpaired) electrons. The van der Waals surface area contributed by atoms with Gasteiger partial charge in [0.2, 0.25) is 0 Å². The standard InChI is InChI=1S/C20H18I2O6/c1-20(10-17(23)24,13-2-6-15(7-3-13)27-18(25)11-21)14-4-8-16(9-5-14)28-19(26)12-22/h2-9H,10-12H2,1H3,(H,23,24). The van der Waals surface area contributed by atoms with Crippen molar-refractivity contribution >= 4 is 63.1 Å². The maximum Gasteiger partial charge on any atom is 0.321 e. The van der Waals surface area contributed by atoms with Crippen molar-refractivity contribution in [1.29, 1.82) is 0 Å². The second-order valence-electron chi connectivity index (χ2n) is 6.17. The van der Waals surface area contributed by atoms with Crippen LogP contribution in [-0.2, 0) is 19.8 Å². The van der Waals surface area contributed by atoms with Crippen molar-refractivity contribution in [3.05, 3.63) is 59.7 Å². The molecule has 0 amide bonds. The lowest BCUT2D eigenvalue weighted by Crippen LogP contribution is -2.27. The van der Waals surface area contributed by atoms with Crippen molar-refractivity contribution in [3.63, 3.8) is 0 Å². The van der Waals surface area contributed by atoms with Gasteiger partial charge in [0, 0.05) is 5.41 Å². The van der Waals surface area contributed by atoms with Gasteiger partial charge in [-0.25, -0.2) is 0 Å². The first kappa shape index (κ1) is 22.6. The van der Waals surface area contributed by atoms with E-state index in [1.807, 2.05) is 52.1 Å². The van der Waals surface area contributed by atoms with Crippen LogP contribution in [0.1, 0.15) is 24.5 Å². The molecule has 0 unspecified atom stereocenters. The highest BCUT2D eigenvalue weighted by Gasteiger charge is 2.32. The van der Waals surface area contributed by atoms with E-state index in [9.17, 15) is 19.5 Å². The Balaban J connectivity index is 2.34. The number of aliphatic carboxylic acids is 1. The summed E-state index contributed by atoms with van der Waals surface area (Å²) in [5.41, 5.74) is 0.714. The number of hydrogen-bond acceptors (Lipinski definition) is 5. The Morgan fingerprint density at radius 2 is 1.18 bits per heavy atom. The first-order chi connectivity index (χ1) is 13.3. The molecule has 0 aliphatic rings. The minimum absolute atomic E-state index is 0.132. The van der Waals surface area contributed by atoms with Crippen LogP contribution in [0.2, 0.25) is 0 Å². The summed E-state index contributed by atoms with van der Waals surface area (Å²) in [5.74, 6) is -0.826. The van der Waals surface area contributed by atoms with E-state index in [0.717, 1.165) is 11.1 Å². The highest BCUT2D eigenvalue weighted by molar-refractivity contribution is 14.1. The van der Waals surface area contributed by atoms with Gasteiger partial charge in [0.25, 0.3) is 0 Å². The number of hydrogen-bond donors (Lipinski definition) is 1. The van der Waals surface area contributed by atoms with Crippen LogP contribution in [0.15, 0.2) is 48.5 Å². The number of carbonyl (C=O) groups excluding carboxylic acids is 2. The molecule has 0 saturated carbocycles. The first-order valence-corrected chi connectivity index (χ1v) is 11.3. The minimum atomic E-state index is -0.941. The van der Waals surface area contributed by atoms with Crippen LogP contribution in [0.3, 0.4) is 0 Å². The summed E-state index contributed by atoms with van der Waals surface area (Å²) in [6, 6.07) is 13.6. The van der Waals surface area contributed by atoms with Crippen molar-refractivity contribution in [1.82, 2.24) is 0 Å². The number of benzene rings is 2. The van der Waals surface area contributed by atoms with Gasteiger partial charge in [0.05, 0.1) is 15.3 Å². The molecule has 0 bridgehead atoms. The maximum atomic E-state index is 11.5. The third-order valence-electron chi connectivity index (χ3n) is 4.17. The molecule has 0 spiro atoms. The van der Waals surface area contributed by atoms with E-state index in [2.05, 4.69) is 0 Å². The summed E-state index contributed by atoms with van der Waals surface area (Å²) in [5, 5.41) is 9.44. The maximum absolute atomic E-state index is 11.5. The molecule has 0 aliphatic carbocycles. The summed E-state index contributed by atoms with van der Waals surface area (Å²) >= 11 is 3.84. The predicted octanol–water partition coefficient (Wildman–Crippen LogP) is 4.15. The van der Waals surface area contributed by atoms with Gasteiger partial charge in [-0.1, -0.05) is 76.4 Å². The largest absolute Gasteiger partial charge is 0.481 e.